The predicted octanol–water partition coefficient (Wildman–Crippen LogP) is 17.6. The topological polar surface area (TPSA) is 28.9 Å². The van der Waals surface area contributed by atoms with E-state index in [9.17, 15) is 0 Å². The van der Waals surface area contributed by atoms with Gasteiger partial charge in [0.25, 0.3) is 0 Å². The Balaban J connectivity index is 1.04. The summed E-state index contributed by atoms with van der Waals surface area (Å²) < 4.78 is 31.3. The van der Waals surface area contributed by atoms with Crippen LogP contribution in [0.15, 0.2) is 229 Å². The maximum Gasteiger partial charge on any atom is 0.159 e. The highest BCUT2D eigenvalue weighted by Gasteiger charge is 2.28. The zero-order valence-electron chi connectivity index (χ0n) is 35.0. The molecule has 0 saturated heterocycles. The average Bonchev–Trinajstić information content (AvgIpc) is 3.76. The summed E-state index contributed by atoms with van der Waals surface area (Å²) in [5, 5.41) is 8.47. The minimum absolute atomic E-state index is 0.311. The maximum absolute atomic E-state index is 17.5. The first-order chi connectivity index (χ1) is 32.2. The Morgan fingerprint density at radius 1 is 0.354 bits per heavy atom. The van der Waals surface area contributed by atoms with Crippen molar-refractivity contribution in [2.75, 3.05) is 9.80 Å². The van der Waals surface area contributed by atoms with Gasteiger partial charge in [-0.2, -0.15) is 0 Å². The Hall–Kier alpha value is -8.67. The summed E-state index contributed by atoms with van der Waals surface area (Å²) in [7, 11) is 0. The molecule has 0 unspecified atom stereocenters. The molecular weight excluding hydrogens is 800 g/mol. The van der Waals surface area contributed by atoms with Crippen LogP contribution in [0.2, 0.25) is 0 Å². The van der Waals surface area contributed by atoms with Crippen molar-refractivity contribution in [2.24, 2.45) is 0 Å². The van der Waals surface area contributed by atoms with Crippen molar-refractivity contribution < 1.29 is 13.5 Å². The summed E-state index contributed by atoms with van der Waals surface area (Å²) in [5.74, 6) is 1.16. The summed E-state index contributed by atoms with van der Waals surface area (Å²) >= 11 is 0. The molecule has 4 nitrogen and oxygen atoms in total. The van der Waals surface area contributed by atoms with Crippen LogP contribution in [-0.2, 0) is 0 Å². The van der Waals surface area contributed by atoms with Gasteiger partial charge >= 0.3 is 0 Å². The van der Waals surface area contributed by atoms with E-state index < -0.39 is 0 Å². The van der Waals surface area contributed by atoms with Crippen LogP contribution in [0.5, 0.6) is 11.5 Å². The van der Waals surface area contributed by atoms with E-state index >= 15 is 4.39 Å². The minimum atomic E-state index is -0.311. The van der Waals surface area contributed by atoms with Gasteiger partial charge in [0.1, 0.15) is 17.1 Å². The van der Waals surface area contributed by atoms with Crippen molar-refractivity contribution in [3.8, 4) is 33.8 Å². The third kappa shape index (κ3) is 5.90. The summed E-state index contributed by atoms with van der Waals surface area (Å²) in [5.41, 5.74) is 9.93. The molecule has 0 aliphatic carbocycles. The molecule has 1 aliphatic heterocycles. The number of anilines is 6. The molecule has 0 spiro atoms. The number of nitrogens with zero attached hydrogens (tertiary/aromatic N) is 2. The Labute approximate surface area is 374 Å². The molecule has 11 aromatic carbocycles. The fourth-order valence-corrected chi connectivity index (χ4v) is 9.93. The van der Waals surface area contributed by atoms with Gasteiger partial charge in [0.15, 0.2) is 11.4 Å². The fourth-order valence-electron chi connectivity index (χ4n) is 9.93. The van der Waals surface area contributed by atoms with Gasteiger partial charge in [-0.3, -0.25) is 0 Å². The second kappa shape index (κ2) is 14.7. The normalized spacial score (nSPS) is 11.9. The number of ether oxygens (including phenoxy) is 1. The molecule has 13 rings (SSSR count). The Morgan fingerprint density at radius 2 is 1.00 bits per heavy atom. The van der Waals surface area contributed by atoms with Gasteiger partial charge in [0.2, 0.25) is 0 Å². The lowest BCUT2D eigenvalue weighted by Gasteiger charge is -2.30. The highest BCUT2D eigenvalue weighted by atomic mass is 19.1. The monoisotopic (exact) mass is 836 g/mol. The minimum Gasteiger partial charge on any atom is -0.456 e. The first kappa shape index (κ1) is 36.9. The molecule has 0 bridgehead atoms. The number of benzene rings is 11. The first-order valence-electron chi connectivity index (χ1n) is 21.9. The van der Waals surface area contributed by atoms with Crippen molar-refractivity contribution in [2.45, 2.75) is 0 Å². The van der Waals surface area contributed by atoms with Crippen molar-refractivity contribution in [1.82, 2.24) is 0 Å². The molecule has 2 heterocycles. The highest BCUT2D eigenvalue weighted by molar-refractivity contribution is 6.27. The number of halogens is 1. The zero-order valence-corrected chi connectivity index (χ0v) is 35.0. The number of fused-ring (bicyclic) bond motifs is 3. The van der Waals surface area contributed by atoms with Crippen LogP contribution in [0.3, 0.4) is 0 Å². The molecule has 1 aromatic heterocycles. The third-order valence-electron chi connectivity index (χ3n) is 12.8. The summed E-state index contributed by atoms with van der Waals surface area (Å²) in [6, 6.07) is 76.2. The SMILES string of the molecule is Fc1c(-c2ccccc2)cc(-c2ccccc2)cc1N(c1ccccc1)c1cc2c3c(ccc4ccc5c(N(c6ccccc6)c6cccc7c6oc6ccccc67)ccc(c5c43)O2)c1. The Kier molecular flexibility index (Phi) is 8.36. The predicted molar refractivity (Wildman–Crippen MR) is 267 cm³/mol. The van der Waals surface area contributed by atoms with E-state index in [2.05, 4.69) is 120 Å². The van der Waals surface area contributed by atoms with Gasteiger partial charge in [-0.05, 0) is 94.2 Å². The molecule has 0 radical (unpaired) electrons. The molecular formula is C60H37FN2O2. The molecule has 0 fully saturated rings. The van der Waals surface area contributed by atoms with Crippen LogP contribution in [0.25, 0.3) is 76.5 Å². The Bertz CT molecular complexity index is 3810. The number of rotatable bonds is 8. The quantitative estimate of drug-likeness (QED) is 0.143. The van der Waals surface area contributed by atoms with Crippen molar-refractivity contribution in [3.05, 3.63) is 230 Å². The van der Waals surface area contributed by atoms with Gasteiger partial charge in [-0.15, -0.1) is 0 Å². The van der Waals surface area contributed by atoms with Gasteiger partial charge in [-0.1, -0.05) is 152 Å². The number of hydrogen-bond donors (Lipinski definition) is 0. The molecule has 0 atom stereocenters. The van der Waals surface area contributed by atoms with Crippen LogP contribution < -0.4 is 14.5 Å². The van der Waals surface area contributed by atoms with Crippen molar-refractivity contribution in [3.63, 3.8) is 0 Å². The molecule has 12 aromatic rings. The van der Waals surface area contributed by atoms with Gasteiger partial charge in [0.05, 0.1) is 22.7 Å². The molecule has 0 amide bonds. The maximum atomic E-state index is 17.5. The lowest BCUT2D eigenvalue weighted by atomic mass is 9.92. The van der Waals surface area contributed by atoms with Crippen molar-refractivity contribution >= 4 is 88.4 Å². The van der Waals surface area contributed by atoms with Crippen LogP contribution in [0, 0.1) is 5.82 Å². The number of furan rings is 1. The van der Waals surface area contributed by atoms with E-state index in [1.807, 2.05) is 114 Å². The average molecular weight is 837 g/mol. The fraction of sp³-hybridized carbons (Fsp3) is 0. The number of hydrogen-bond acceptors (Lipinski definition) is 4. The third-order valence-corrected chi connectivity index (χ3v) is 12.8. The second-order valence-electron chi connectivity index (χ2n) is 16.6. The Morgan fingerprint density at radius 3 is 1.77 bits per heavy atom. The number of para-hydroxylation sites is 4. The van der Waals surface area contributed by atoms with Crippen LogP contribution in [0.1, 0.15) is 0 Å². The summed E-state index contributed by atoms with van der Waals surface area (Å²) in [6.07, 6.45) is 0. The molecule has 1 aliphatic rings. The van der Waals surface area contributed by atoms with Crippen LogP contribution in [-0.4, -0.2) is 0 Å². The van der Waals surface area contributed by atoms with Gasteiger partial charge in [0, 0.05) is 55.3 Å². The molecule has 0 saturated carbocycles. The first-order valence-corrected chi connectivity index (χ1v) is 21.9. The van der Waals surface area contributed by atoms with Crippen molar-refractivity contribution in [1.29, 1.82) is 0 Å². The summed E-state index contributed by atoms with van der Waals surface area (Å²) in [6.45, 7) is 0. The molecule has 5 heteroatoms. The van der Waals surface area contributed by atoms with E-state index in [-0.39, 0.29) is 5.82 Å². The van der Waals surface area contributed by atoms with Crippen LogP contribution >= 0.6 is 0 Å². The van der Waals surface area contributed by atoms with E-state index in [4.69, 9.17) is 9.15 Å². The largest absolute Gasteiger partial charge is 0.456 e. The lowest BCUT2D eigenvalue weighted by molar-refractivity contribution is 0.493. The van der Waals surface area contributed by atoms with E-state index in [1.54, 1.807) is 0 Å². The highest BCUT2D eigenvalue weighted by Crippen LogP contribution is 2.54. The standard InChI is InChI=1S/C60H37FN2O2/c61-59-49(39-18-7-2-8-19-39)35-42(38-16-5-1-6-17-38)36-52(59)62(43-20-9-3-10-21-43)45-34-41-29-28-40-30-31-48-50(32-33-54-58(48)57(40)56(41)55(37-45)64-54)63(44-22-11-4-12-23-44)51-26-15-25-47-46-24-13-14-27-53(46)65-60(47)51/h1-37H. The molecule has 306 valence electrons. The lowest BCUT2D eigenvalue weighted by Crippen LogP contribution is -2.13. The van der Waals surface area contributed by atoms with Gasteiger partial charge < -0.3 is 19.0 Å². The van der Waals surface area contributed by atoms with E-state index in [0.29, 0.717) is 17.0 Å². The molecule has 0 N–H and O–H groups in total. The smallest absolute Gasteiger partial charge is 0.159 e. The van der Waals surface area contributed by atoms with Crippen LogP contribution in [0.4, 0.5) is 38.5 Å². The van der Waals surface area contributed by atoms with E-state index in [0.717, 1.165) is 105 Å². The summed E-state index contributed by atoms with van der Waals surface area (Å²) in [4.78, 5) is 4.32. The second-order valence-corrected chi connectivity index (χ2v) is 16.6. The zero-order chi connectivity index (χ0) is 43.0. The molecule has 65 heavy (non-hydrogen) atoms. The van der Waals surface area contributed by atoms with E-state index in [1.165, 1.54) is 0 Å². The van der Waals surface area contributed by atoms with Gasteiger partial charge in [-0.25, -0.2) is 4.39 Å².